The van der Waals surface area contributed by atoms with Crippen molar-refractivity contribution in [1.82, 2.24) is 9.97 Å². The number of nitrogens with one attached hydrogen (secondary N) is 2. The molecule has 1 heterocycles. The molecule has 2 N–H and O–H groups in total. The number of nitrogens with zero attached hydrogens (tertiary/aromatic N) is 4. The topological polar surface area (TPSA) is 97.4 Å². The van der Waals surface area contributed by atoms with Crippen LogP contribution in [0.2, 0.25) is 0 Å². The fourth-order valence-corrected chi connectivity index (χ4v) is 2.11. The van der Waals surface area contributed by atoms with E-state index in [-0.39, 0.29) is 23.0 Å². The summed E-state index contributed by atoms with van der Waals surface area (Å²) in [6.07, 6.45) is 0. The monoisotopic (exact) mass is 348 g/mol. The van der Waals surface area contributed by atoms with E-state index < -0.39 is 11.6 Å². The summed E-state index contributed by atoms with van der Waals surface area (Å²) in [5, 5.41) is 24.1. The first kappa shape index (κ1) is 16.8. The van der Waals surface area contributed by atoms with Crippen LogP contribution in [0.1, 0.15) is 11.4 Å². The van der Waals surface area contributed by atoms with E-state index in [1.54, 1.807) is 12.1 Å². The molecule has 0 aliphatic carbocycles. The molecule has 0 saturated heterocycles. The maximum atomic E-state index is 13.1. The van der Waals surface area contributed by atoms with E-state index in [2.05, 4.69) is 20.6 Å². The summed E-state index contributed by atoms with van der Waals surface area (Å²) in [5.41, 5.74) is 0.719. The second kappa shape index (κ2) is 7.24. The molecule has 0 saturated carbocycles. The van der Waals surface area contributed by atoms with Crippen LogP contribution in [0.3, 0.4) is 0 Å². The fourth-order valence-electron chi connectivity index (χ4n) is 2.11. The highest BCUT2D eigenvalue weighted by Crippen LogP contribution is 2.26. The highest BCUT2D eigenvalue weighted by molar-refractivity contribution is 5.73. The molecule has 3 aromatic rings. The lowest BCUT2D eigenvalue weighted by molar-refractivity contribution is 0.627. The maximum absolute atomic E-state index is 13.1. The van der Waals surface area contributed by atoms with Crippen molar-refractivity contribution in [3.8, 4) is 12.1 Å². The summed E-state index contributed by atoms with van der Waals surface area (Å²) < 4.78 is 26.1. The van der Waals surface area contributed by atoms with Crippen molar-refractivity contribution in [2.24, 2.45) is 0 Å². The van der Waals surface area contributed by atoms with Gasteiger partial charge in [-0.2, -0.15) is 10.5 Å². The van der Waals surface area contributed by atoms with Crippen molar-refractivity contribution in [3.63, 3.8) is 0 Å². The second-order valence-electron chi connectivity index (χ2n) is 5.11. The van der Waals surface area contributed by atoms with Crippen LogP contribution < -0.4 is 10.6 Å². The van der Waals surface area contributed by atoms with Gasteiger partial charge in [0.1, 0.15) is 23.8 Å². The van der Waals surface area contributed by atoms with E-state index in [0.29, 0.717) is 11.4 Å². The number of halogens is 2. The average Bonchev–Trinajstić information content (AvgIpc) is 2.66. The molecule has 0 spiro atoms. The van der Waals surface area contributed by atoms with Gasteiger partial charge in [-0.25, -0.2) is 18.7 Å². The van der Waals surface area contributed by atoms with Crippen LogP contribution in [0.25, 0.3) is 0 Å². The lowest BCUT2D eigenvalue weighted by Gasteiger charge is -2.13. The summed E-state index contributed by atoms with van der Waals surface area (Å²) in [6, 6.07) is 14.6. The van der Waals surface area contributed by atoms with Crippen molar-refractivity contribution in [2.75, 3.05) is 10.6 Å². The molecule has 0 atom stereocenters. The Kier molecular flexibility index (Phi) is 4.68. The van der Waals surface area contributed by atoms with Gasteiger partial charge >= 0.3 is 0 Å². The summed E-state index contributed by atoms with van der Waals surface area (Å²) in [5.74, 6) is -0.472. The van der Waals surface area contributed by atoms with E-state index in [1.165, 1.54) is 48.5 Å². The Morgan fingerprint density at radius 3 is 1.31 bits per heavy atom. The molecule has 26 heavy (non-hydrogen) atoms. The number of hydrogen-bond donors (Lipinski definition) is 2. The standard InChI is InChI=1S/C18H10F2N6/c19-11-1-5-13(6-2-11)23-17-18(24-14-7-3-12(20)4-8-14)26-16(10-22)15(9-21)25-17/h1-8H,(H,23,25)(H,24,26). The van der Waals surface area contributed by atoms with Crippen LogP contribution in [0, 0.1) is 34.3 Å². The van der Waals surface area contributed by atoms with Crippen molar-refractivity contribution in [2.45, 2.75) is 0 Å². The summed E-state index contributed by atoms with van der Waals surface area (Å²) >= 11 is 0. The maximum Gasteiger partial charge on any atom is 0.179 e. The zero-order valence-corrected chi connectivity index (χ0v) is 13.2. The van der Waals surface area contributed by atoms with E-state index in [1.807, 2.05) is 0 Å². The third-order valence-electron chi connectivity index (χ3n) is 3.32. The third kappa shape index (κ3) is 3.71. The van der Waals surface area contributed by atoms with Gasteiger partial charge in [0.15, 0.2) is 23.0 Å². The molecule has 0 aliphatic heterocycles. The highest BCUT2D eigenvalue weighted by atomic mass is 19.1. The van der Waals surface area contributed by atoms with Crippen LogP contribution in [-0.4, -0.2) is 9.97 Å². The quantitative estimate of drug-likeness (QED) is 0.740. The Morgan fingerprint density at radius 1 is 0.654 bits per heavy atom. The summed E-state index contributed by atoms with van der Waals surface area (Å²) in [7, 11) is 0. The van der Waals surface area contributed by atoms with E-state index in [4.69, 9.17) is 10.5 Å². The third-order valence-corrected chi connectivity index (χ3v) is 3.32. The van der Waals surface area contributed by atoms with Crippen molar-refractivity contribution >= 4 is 23.0 Å². The van der Waals surface area contributed by atoms with Gasteiger partial charge in [0.2, 0.25) is 0 Å². The largest absolute Gasteiger partial charge is 0.337 e. The van der Waals surface area contributed by atoms with Crippen molar-refractivity contribution in [3.05, 3.63) is 71.6 Å². The number of anilines is 4. The van der Waals surface area contributed by atoms with Crippen LogP contribution in [-0.2, 0) is 0 Å². The SMILES string of the molecule is N#Cc1nc(Nc2ccc(F)cc2)c(Nc2ccc(F)cc2)nc1C#N. The number of nitriles is 2. The zero-order chi connectivity index (χ0) is 18.5. The first-order valence-corrected chi connectivity index (χ1v) is 7.36. The van der Waals surface area contributed by atoms with Crippen LogP contribution in [0.4, 0.5) is 31.8 Å². The van der Waals surface area contributed by atoms with Gasteiger partial charge in [-0.05, 0) is 48.5 Å². The van der Waals surface area contributed by atoms with Gasteiger partial charge in [-0.3, -0.25) is 0 Å². The zero-order valence-electron chi connectivity index (χ0n) is 13.2. The molecule has 3 rings (SSSR count). The minimum atomic E-state index is -0.399. The van der Waals surface area contributed by atoms with Crippen LogP contribution >= 0.6 is 0 Å². The molecule has 6 nitrogen and oxygen atoms in total. The first-order chi connectivity index (χ1) is 12.6. The van der Waals surface area contributed by atoms with Gasteiger partial charge in [0, 0.05) is 11.4 Å². The number of aromatic nitrogens is 2. The molecule has 0 fully saturated rings. The Hall–Kier alpha value is -4.04. The van der Waals surface area contributed by atoms with Gasteiger partial charge in [-0.1, -0.05) is 0 Å². The summed E-state index contributed by atoms with van der Waals surface area (Å²) in [6.45, 7) is 0. The Bertz CT molecular complexity index is 933. The van der Waals surface area contributed by atoms with Gasteiger partial charge < -0.3 is 10.6 Å². The second-order valence-corrected chi connectivity index (χ2v) is 5.11. The normalized spacial score (nSPS) is 9.85. The van der Waals surface area contributed by atoms with Crippen LogP contribution in [0.5, 0.6) is 0 Å². The van der Waals surface area contributed by atoms with Gasteiger partial charge in [0.05, 0.1) is 0 Å². The van der Waals surface area contributed by atoms with E-state index in [9.17, 15) is 8.78 Å². The summed E-state index contributed by atoms with van der Waals surface area (Å²) in [4.78, 5) is 8.21. The molecule has 2 aromatic carbocycles. The Morgan fingerprint density at radius 2 is 1.00 bits per heavy atom. The predicted octanol–water partition coefficient (Wildman–Crippen LogP) is 3.99. The molecule has 0 unspecified atom stereocenters. The molecule has 0 bridgehead atoms. The van der Waals surface area contributed by atoms with Gasteiger partial charge in [0.25, 0.3) is 0 Å². The Labute approximate surface area is 147 Å². The highest BCUT2D eigenvalue weighted by Gasteiger charge is 2.14. The average molecular weight is 348 g/mol. The van der Waals surface area contributed by atoms with Crippen LogP contribution in [0.15, 0.2) is 48.5 Å². The predicted molar refractivity (Wildman–Crippen MR) is 90.8 cm³/mol. The smallest absolute Gasteiger partial charge is 0.179 e. The lowest BCUT2D eigenvalue weighted by atomic mass is 10.3. The number of benzene rings is 2. The van der Waals surface area contributed by atoms with E-state index >= 15 is 0 Å². The fraction of sp³-hybridized carbons (Fsp3) is 0. The molecule has 0 radical (unpaired) electrons. The first-order valence-electron chi connectivity index (χ1n) is 7.36. The Balaban J connectivity index is 2.02. The van der Waals surface area contributed by atoms with E-state index in [0.717, 1.165) is 0 Å². The lowest BCUT2D eigenvalue weighted by Crippen LogP contribution is -2.06. The number of hydrogen-bond acceptors (Lipinski definition) is 6. The van der Waals surface area contributed by atoms with Crippen molar-refractivity contribution < 1.29 is 8.78 Å². The molecule has 1 aromatic heterocycles. The van der Waals surface area contributed by atoms with Crippen molar-refractivity contribution in [1.29, 1.82) is 10.5 Å². The molecular weight excluding hydrogens is 338 g/mol. The molecular formula is C18H10F2N6. The molecule has 0 aliphatic rings. The molecule has 8 heteroatoms. The molecule has 0 amide bonds. The minimum absolute atomic E-state index is 0.151. The molecule has 126 valence electrons. The number of rotatable bonds is 4. The van der Waals surface area contributed by atoms with Gasteiger partial charge in [-0.15, -0.1) is 0 Å². The minimum Gasteiger partial charge on any atom is -0.337 e.